The zero-order chi connectivity index (χ0) is 12.5. The van der Waals surface area contributed by atoms with Crippen molar-refractivity contribution in [2.45, 2.75) is 13.1 Å². The lowest BCUT2D eigenvalue weighted by molar-refractivity contribution is 0.714. The van der Waals surface area contributed by atoms with Crippen LogP contribution in [0.25, 0.3) is 10.9 Å². The lowest BCUT2D eigenvalue weighted by Crippen LogP contribution is -2.04. The summed E-state index contributed by atoms with van der Waals surface area (Å²) in [6, 6.07) is 8.28. The van der Waals surface area contributed by atoms with Gasteiger partial charge >= 0.3 is 0 Å². The molecule has 0 aliphatic carbocycles. The average Bonchev–Trinajstić information content (AvgIpc) is 2.95. The lowest BCUT2D eigenvalue weighted by Gasteiger charge is -2.04. The first-order valence-electron chi connectivity index (χ1n) is 5.89. The Bertz CT molecular complexity index is 680. The molecule has 0 aliphatic rings. The standard InChI is InChI=1S/C13H15N5/c1-17-9-15-16-13(17)8-18-7-10(6-14)11-4-2-3-5-12(11)18/h2-5,7,9H,6,8,14H2,1H3. The van der Waals surface area contributed by atoms with Crippen molar-refractivity contribution in [2.24, 2.45) is 12.8 Å². The van der Waals surface area contributed by atoms with Gasteiger partial charge in [0, 0.05) is 30.7 Å². The molecule has 0 atom stereocenters. The molecule has 0 saturated heterocycles. The van der Waals surface area contributed by atoms with Crippen molar-refractivity contribution in [3.05, 3.63) is 48.2 Å². The van der Waals surface area contributed by atoms with Crippen LogP contribution in [0.3, 0.4) is 0 Å². The van der Waals surface area contributed by atoms with Crippen molar-refractivity contribution in [1.29, 1.82) is 0 Å². The summed E-state index contributed by atoms with van der Waals surface area (Å²) in [4.78, 5) is 0. The first-order valence-corrected chi connectivity index (χ1v) is 5.89. The van der Waals surface area contributed by atoms with Gasteiger partial charge in [-0.3, -0.25) is 0 Å². The minimum Gasteiger partial charge on any atom is -0.339 e. The number of aromatic nitrogens is 4. The maximum Gasteiger partial charge on any atom is 0.152 e. The van der Waals surface area contributed by atoms with Crippen LogP contribution < -0.4 is 5.73 Å². The molecule has 3 rings (SSSR count). The normalized spacial score (nSPS) is 11.2. The van der Waals surface area contributed by atoms with E-state index in [1.165, 1.54) is 10.9 Å². The Kier molecular flexibility index (Phi) is 2.60. The van der Waals surface area contributed by atoms with Crippen LogP contribution in [0.15, 0.2) is 36.8 Å². The van der Waals surface area contributed by atoms with Gasteiger partial charge < -0.3 is 14.9 Å². The van der Waals surface area contributed by atoms with Crippen molar-refractivity contribution >= 4 is 10.9 Å². The zero-order valence-electron chi connectivity index (χ0n) is 10.2. The van der Waals surface area contributed by atoms with E-state index in [9.17, 15) is 0 Å². The van der Waals surface area contributed by atoms with E-state index in [0.717, 1.165) is 11.4 Å². The lowest BCUT2D eigenvalue weighted by atomic mass is 10.2. The smallest absolute Gasteiger partial charge is 0.152 e. The Morgan fingerprint density at radius 2 is 2.11 bits per heavy atom. The highest BCUT2D eigenvalue weighted by Crippen LogP contribution is 2.21. The molecule has 18 heavy (non-hydrogen) atoms. The van der Waals surface area contributed by atoms with E-state index in [1.54, 1.807) is 6.33 Å². The largest absolute Gasteiger partial charge is 0.339 e. The molecule has 2 aromatic heterocycles. The van der Waals surface area contributed by atoms with Crippen molar-refractivity contribution in [3.63, 3.8) is 0 Å². The highest BCUT2D eigenvalue weighted by molar-refractivity contribution is 5.84. The van der Waals surface area contributed by atoms with Gasteiger partial charge in [0.2, 0.25) is 0 Å². The maximum absolute atomic E-state index is 5.79. The summed E-state index contributed by atoms with van der Waals surface area (Å²) >= 11 is 0. The molecular formula is C13H15N5. The molecule has 0 aliphatic heterocycles. The van der Waals surface area contributed by atoms with E-state index in [-0.39, 0.29) is 0 Å². The Hall–Kier alpha value is -2.14. The summed E-state index contributed by atoms with van der Waals surface area (Å²) in [7, 11) is 1.95. The quantitative estimate of drug-likeness (QED) is 0.751. The summed E-state index contributed by atoms with van der Waals surface area (Å²) in [5, 5.41) is 9.22. The van der Waals surface area contributed by atoms with Crippen LogP contribution in [0.4, 0.5) is 0 Å². The summed E-state index contributed by atoms with van der Waals surface area (Å²) in [6.07, 6.45) is 3.81. The Balaban J connectivity index is 2.09. The van der Waals surface area contributed by atoms with E-state index in [2.05, 4.69) is 33.1 Å². The topological polar surface area (TPSA) is 61.7 Å². The second kappa shape index (κ2) is 4.27. The predicted molar refractivity (Wildman–Crippen MR) is 69.9 cm³/mol. The van der Waals surface area contributed by atoms with Crippen molar-refractivity contribution < 1.29 is 0 Å². The average molecular weight is 241 g/mol. The van der Waals surface area contributed by atoms with Gasteiger partial charge in [0.15, 0.2) is 5.82 Å². The molecule has 0 fully saturated rings. The number of nitrogens with zero attached hydrogens (tertiary/aromatic N) is 4. The molecule has 2 N–H and O–H groups in total. The molecule has 92 valence electrons. The van der Waals surface area contributed by atoms with Crippen molar-refractivity contribution in [3.8, 4) is 0 Å². The van der Waals surface area contributed by atoms with Gasteiger partial charge in [0.1, 0.15) is 6.33 Å². The van der Waals surface area contributed by atoms with Gasteiger partial charge in [0.25, 0.3) is 0 Å². The SMILES string of the molecule is Cn1cnnc1Cn1cc(CN)c2ccccc21. The van der Waals surface area contributed by atoms with E-state index < -0.39 is 0 Å². The molecular weight excluding hydrogens is 226 g/mol. The fourth-order valence-electron chi connectivity index (χ4n) is 2.22. The molecule has 3 aromatic rings. The van der Waals surface area contributed by atoms with Gasteiger partial charge in [-0.25, -0.2) is 0 Å². The highest BCUT2D eigenvalue weighted by Gasteiger charge is 2.09. The molecule has 2 heterocycles. The number of benzene rings is 1. The monoisotopic (exact) mass is 241 g/mol. The predicted octanol–water partition coefficient (Wildman–Crippen LogP) is 1.28. The number of hydrogen-bond donors (Lipinski definition) is 1. The molecule has 5 heteroatoms. The number of rotatable bonds is 3. The summed E-state index contributed by atoms with van der Waals surface area (Å²) in [5.74, 6) is 0.930. The van der Waals surface area contributed by atoms with Crippen LogP contribution in [0.5, 0.6) is 0 Å². The summed E-state index contributed by atoms with van der Waals surface area (Å²) in [6.45, 7) is 1.25. The third-order valence-electron chi connectivity index (χ3n) is 3.21. The highest BCUT2D eigenvalue weighted by atomic mass is 15.3. The second-order valence-electron chi connectivity index (χ2n) is 4.36. The van der Waals surface area contributed by atoms with Gasteiger partial charge in [-0.2, -0.15) is 0 Å². The minimum atomic E-state index is 0.548. The van der Waals surface area contributed by atoms with Crippen LogP contribution in [-0.2, 0) is 20.1 Å². The Labute approximate surface area is 105 Å². The molecule has 0 amide bonds. The Morgan fingerprint density at radius 3 is 2.83 bits per heavy atom. The van der Waals surface area contributed by atoms with Crippen LogP contribution in [0.1, 0.15) is 11.4 Å². The summed E-state index contributed by atoms with van der Waals surface area (Å²) < 4.78 is 4.10. The molecule has 5 nitrogen and oxygen atoms in total. The zero-order valence-corrected chi connectivity index (χ0v) is 10.2. The number of aryl methyl sites for hydroxylation is 1. The van der Waals surface area contributed by atoms with E-state index in [0.29, 0.717) is 13.1 Å². The number of hydrogen-bond acceptors (Lipinski definition) is 3. The molecule has 1 aromatic carbocycles. The fourth-order valence-corrected chi connectivity index (χ4v) is 2.22. The van der Waals surface area contributed by atoms with E-state index >= 15 is 0 Å². The third kappa shape index (κ3) is 1.69. The minimum absolute atomic E-state index is 0.548. The van der Waals surface area contributed by atoms with Crippen LogP contribution >= 0.6 is 0 Å². The van der Waals surface area contributed by atoms with Gasteiger partial charge in [-0.15, -0.1) is 10.2 Å². The second-order valence-corrected chi connectivity index (χ2v) is 4.36. The van der Waals surface area contributed by atoms with Crippen LogP contribution in [-0.4, -0.2) is 19.3 Å². The van der Waals surface area contributed by atoms with Crippen molar-refractivity contribution in [2.75, 3.05) is 0 Å². The Morgan fingerprint density at radius 1 is 1.28 bits per heavy atom. The van der Waals surface area contributed by atoms with E-state index in [4.69, 9.17) is 5.73 Å². The van der Waals surface area contributed by atoms with Gasteiger partial charge in [0.05, 0.1) is 6.54 Å². The van der Waals surface area contributed by atoms with Gasteiger partial charge in [-0.05, 0) is 11.6 Å². The van der Waals surface area contributed by atoms with Crippen LogP contribution in [0.2, 0.25) is 0 Å². The van der Waals surface area contributed by atoms with E-state index in [1.807, 2.05) is 23.7 Å². The number of nitrogens with two attached hydrogens (primary N) is 1. The molecule has 0 unspecified atom stereocenters. The maximum atomic E-state index is 5.79. The third-order valence-corrected chi connectivity index (χ3v) is 3.21. The first kappa shape index (κ1) is 11.0. The van der Waals surface area contributed by atoms with Gasteiger partial charge in [-0.1, -0.05) is 18.2 Å². The number of fused-ring (bicyclic) bond motifs is 1. The molecule has 0 saturated carbocycles. The van der Waals surface area contributed by atoms with Crippen LogP contribution in [0, 0.1) is 0 Å². The first-order chi connectivity index (χ1) is 8.79. The fraction of sp³-hybridized carbons (Fsp3) is 0.231. The molecule has 0 spiro atoms. The molecule has 0 radical (unpaired) electrons. The van der Waals surface area contributed by atoms with Crippen molar-refractivity contribution in [1.82, 2.24) is 19.3 Å². The molecule has 0 bridgehead atoms. The summed E-state index contributed by atoms with van der Waals surface area (Å²) in [5.41, 5.74) is 8.13. The number of para-hydroxylation sites is 1.